The van der Waals surface area contributed by atoms with E-state index in [1.165, 1.54) is 5.56 Å². The van der Waals surface area contributed by atoms with Crippen LogP contribution in [0.2, 0.25) is 0 Å². The average molecular weight is 571 g/mol. The van der Waals surface area contributed by atoms with Gasteiger partial charge < -0.3 is 34.4 Å². The minimum absolute atomic E-state index is 0. The molecule has 1 atom stereocenters. The van der Waals surface area contributed by atoms with Crippen LogP contribution in [0.4, 0.5) is 0 Å². The third-order valence-electron chi connectivity index (χ3n) is 6.19. The van der Waals surface area contributed by atoms with E-state index in [0.29, 0.717) is 38.0 Å². The van der Waals surface area contributed by atoms with Crippen LogP contribution < -0.4 is 20.1 Å². The number of hydrogen-bond donors (Lipinski definition) is 3. The molecule has 0 bridgehead atoms. The Balaban J connectivity index is 0.00000306. The average Bonchev–Trinajstić information content (AvgIpc) is 3.45. The van der Waals surface area contributed by atoms with Crippen LogP contribution in [0.1, 0.15) is 43.8 Å². The first kappa shape index (κ1) is 25.6. The number of aliphatic imine (C=N–C) groups is 1. The summed E-state index contributed by atoms with van der Waals surface area (Å²) in [7, 11) is 0. The van der Waals surface area contributed by atoms with E-state index in [9.17, 15) is 5.11 Å². The molecule has 3 heterocycles. The van der Waals surface area contributed by atoms with E-state index in [4.69, 9.17) is 18.6 Å². The fraction of sp³-hybridized carbons (Fsp3) is 0.542. The van der Waals surface area contributed by atoms with Crippen molar-refractivity contribution in [2.45, 2.75) is 44.6 Å². The third-order valence-corrected chi connectivity index (χ3v) is 6.19. The first-order valence-corrected chi connectivity index (χ1v) is 11.2. The van der Waals surface area contributed by atoms with Crippen molar-refractivity contribution < 1.29 is 23.7 Å². The Hall–Kier alpha value is -1.98. The second-order valence-corrected chi connectivity index (χ2v) is 8.69. The first-order chi connectivity index (χ1) is 15.4. The largest absolute Gasteiger partial charge is 0.463 e. The zero-order valence-corrected chi connectivity index (χ0v) is 21.8. The molecule has 1 fully saturated rings. The van der Waals surface area contributed by atoms with Gasteiger partial charge in [0.2, 0.25) is 6.79 Å². The molecule has 4 rings (SSSR count). The van der Waals surface area contributed by atoms with Crippen molar-refractivity contribution in [3.05, 3.63) is 47.4 Å². The Morgan fingerprint density at radius 2 is 1.88 bits per heavy atom. The quantitative estimate of drug-likeness (QED) is 0.266. The lowest BCUT2D eigenvalue weighted by Crippen LogP contribution is -2.48. The van der Waals surface area contributed by atoms with Crippen molar-refractivity contribution in [2.24, 2.45) is 4.99 Å². The van der Waals surface area contributed by atoms with Crippen LogP contribution in [0.15, 0.2) is 39.7 Å². The summed E-state index contributed by atoms with van der Waals surface area (Å²) >= 11 is 0. The van der Waals surface area contributed by atoms with Gasteiger partial charge in [0.05, 0.1) is 6.54 Å². The summed E-state index contributed by atoms with van der Waals surface area (Å²) in [6.07, 6.45) is 1.78. The molecule has 182 valence electrons. The highest BCUT2D eigenvalue weighted by Crippen LogP contribution is 2.40. The van der Waals surface area contributed by atoms with Gasteiger partial charge in [0.1, 0.15) is 17.1 Å². The minimum atomic E-state index is -1.19. The minimum Gasteiger partial charge on any atom is -0.463 e. The molecule has 9 heteroatoms. The molecule has 0 aliphatic carbocycles. The van der Waals surface area contributed by atoms with Crippen LogP contribution >= 0.6 is 24.0 Å². The van der Waals surface area contributed by atoms with Gasteiger partial charge in [0, 0.05) is 31.7 Å². The van der Waals surface area contributed by atoms with Crippen molar-refractivity contribution in [3.8, 4) is 11.5 Å². The first-order valence-electron chi connectivity index (χ1n) is 11.2. The van der Waals surface area contributed by atoms with Crippen molar-refractivity contribution in [1.29, 1.82) is 0 Å². The molecule has 8 nitrogen and oxygen atoms in total. The lowest BCUT2D eigenvalue weighted by Gasteiger charge is -2.38. The van der Waals surface area contributed by atoms with Crippen LogP contribution in [0.3, 0.4) is 0 Å². The molecule has 33 heavy (non-hydrogen) atoms. The number of ether oxygens (including phenoxy) is 3. The molecule has 2 aromatic rings. The number of benzene rings is 1. The summed E-state index contributed by atoms with van der Waals surface area (Å²) in [5, 5.41) is 17.6. The number of halogens is 1. The fourth-order valence-corrected chi connectivity index (χ4v) is 4.19. The Kier molecular flexibility index (Phi) is 8.52. The summed E-state index contributed by atoms with van der Waals surface area (Å²) in [5.74, 6) is 3.51. The molecule has 0 spiro atoms. The summed E-state index contributed by atoms with van der Waals surface area (Å²) < 4.78 is 22.4. The summed E-state index contributed by atoms with van der Waals surface area (Å²) in [6, 6.07) is 9.83. The SMILES string of the molecule is CCNC(=NCC(C)(O)c1ccc(C)o1)NCC1(c2ccc3c(c2)OCO3)CCOCC1.I. The van der Waals surface area contributed by atoms with Crippen molar-refractivity contribution in [1.82, 2.24) is 10.6 Å². The maximum Gasteiger partial charge on any atom is 0.231 e. The monoisotopic (exact) mass is 571 g/mol. The maximum absolute atomic E-state index is 10.9. The van der Waals surface area contributed by atoms with Crippen molar-refractivity contribution >= 4 is 29.9 Å². The molecule has 3 N–H and O–H groups in total. The molecule has 0 amide bonds. The summed E-state index contributed by atoms with van der Waals surface area (Å²) in [5.41, 5.74) is -0.105. The van der Waals surface area contributed by atoms with Crippen molar-refractivity contribution in [3.63, 3.8) is 0 Å². The standard InChI is InChI=1S/C24H33N3O5.HI/c1-4-25-22(26-14-23(3,28)21-8-5-17(2)32-21)27-15-24(9-11-29-12-10-24)18-6-7-19-20(13-18)31-16-30-19;/h5-8,13,28H,4,9-12,14-16H2,1-3H3,(H2,25,26,27);1H. The van der Waals surface area contributed by atoms with Gasteiger partial charge in [-0.2, -0.15) is 0 Å². The topological polar surface area (TPSA) is 97.5 Å². The van der Waals surface area contributed by atoms with E-state index >= 15 is 0 Å². The lowest BCUT2D eigenvalue weighted by atomic mass is 9.74. The predicted molar refractivity (Wildman–Crippen MR) is 137 cm³/mol. The molecule has 2 aliphatic rings. The molecule has 1 unspecified atom stereocenters. The number of nitrogens with zero attached hydrogens (tertiary/aromatic N) is 1. The smallest absolute Gasteiger partial charge is 0.231 e. The van der Waals surface area contributed by atoms with Gasteiger partial charge in [0.15, 0.2) is 17.5 Å². The van der Waals surface area contributed by atoms with Gasteiger partial charge >= 0.3 is 0 Å². The van der Waals surface area contributed by atoms with Crippen LogP contribution in [0, 0.1) is 6.92 Å². The van der Waals surface area contributed by atoms with E-state index in [1.54, 1.807) is 13.0 Å². The Bertz CT molecular complexity index is 953. The lowest BCUT2D eigenvalue weighted by molar-refractivity contribution is 0.0427. The van der Waals surface area contributed by atoms with Gasteiger partial charge in [-0.05, 0) is 63.4 Å². The van der Waals surface area contributed by atoms with Crippen molar-refractivity contribution in [2.75, 3.05) is 39.6 Å². The predicted octanol–water partition coefficient (Wildman–Crippen LogP) is 3.45. The number of hydrogen-bond acceptors (Lipinski definition) is 6. The van der Waals surface area contributed by atoms with Crippen LogP contribution in [0.25, 0.3) is 0 Å². The van der Waals surface area contributed by atoms with E-state index in [1.807, 2.05) is 26.0 Å². The fourth-order valence-electron chi connectivity index (χ4n) is 4.19. The molecule has 1 saturated heterocycles. The second kappa shape index (κ2) is 11.0. The van der Waals surface area contributed by atoms with Gasteiger partial charge in [-0.15, -0.1) is 24.0 Å². The molecular weight excluding hydrogens is 537 g/mol. The number of nitrogens with one attached hydrogen (secondary N) is 2. The molecule has 2 aliphatic heterocycles. The van der Waals surface area contributed by atoms with E-state index in [0.717, 1.165) is 30.1 Å². The second-order valence-electron chi connectivity index (χ2n) is 8.69. The number of guanidine groups is 1. The van der Waals surface area contributed by atoms with Gasteiger partial charge in [-0.1, -0.05) is 6.07 Å². The normalized spacial score (nSPS) is 18.8. The molecule has 1 aromatic heterocycles. The third kappa shape index (κ3) is 5.93. The van der Waals surface area contributed by atoms with Crippen LogP contribution in [-0.2, 0) is 15.8 Å². The number of furan rings is 1. The van der Waals surface area contributed by atoms with Crippen LogP contribution in [0.5, 0.6) is 11.5 Å². The number of aryl methyl sites for hydroxylation is 1. The number of rotatable bonds is 7. The Labute approximate surface area is 212 Å². The summed E-state index contributed by atoms with van der Waals surface area (Å²) in [4.78, 5) is 4.65. The zero-order chi connectivity index (χ0) is 22.6. The van der Waals surface area contributed by atoms with Gasteiger partial charge in [-0.3, -0.25) is 0 Å². The molecule has 1 aromatic carbocycles. The Morgan fingerprint density at radius 1 is 1.12 bits per heavy atom. The highest BCUT2D eigenvalue weighted by molar-refractivity contribution is 14.0. The van der Waals surface area contributed by atoms with Gasteiger partial charge in [-0.25, -0.2) is 4.99 Å². The highest BCUT2D eigenvalue weighted by Gasteiger charge is 2.36. The zero-order valence-electron chi connectivity index (χ0n) is 19.5. The molecular formula is C24H34IN3O5. The number of aliphatic hydroxyl groups is 1. The maximum atomic E-state index is 10.9. The van der Waals surface area contributed by atoms with Crippen LogP contribution in [-0.4, -0.2) is 50.7 Å². The van der Waals surface area contributed by atoms with Gasteiger partial charge in [0.25, 0.3) is 0 Å². The molecule has 0 radical (unpaired) electrons. The molecule has 0 saturated carbocycles. The Morgan fingerprint density at radius 3 is 2.58 bits per heavy atom. The van der Waals surface area contributed by atoms with E-state index < -0.39 is 5.60 Å². The number of fused-ring (bicyclic) bond motifs is 1. The van der Waals surface area contributed by atoms with E-state index in [-0.39, 0.29) is 42.7 Å². The van der Waals surface area contributed by atoms with E-state index in [2.05, 4.69) is 27.8 Å². The summed E-state index contributed by atoms with van der Waals surface area (Å²) in [6.45, 7) is 8.84. The highest BCUT2D eigenvalue weighted by atomic mass is 127.